The van der Waals surface area contributed by atoms with Crippen LogP contribution in [-0.2, 0) is 0 Å². The first-order valence-electron chi connectivity index (χ1n) is 7.13. The molecule has 0 radical (unpaired) electrons. The smallest absolute Gasteiger partial charge is 0.000960 e. The van der Waals surface area contributed by atoms with E-state index >= 15 is 0 Å². The van der Waals surface area contributed by atoms with E-state index in [4.69, 9.17) is 5.73 Å². The summed E-state index contributed by atoms with van der Waals surface area (Å²) in [6, 6.07) is 0. The van der Waals surface area contributed by atoms with Crippen molar-refractivity contribution in [3.05, 3.63) is 0 Å². The minimum atomic E-state index is 0.843. The Hall–Kier alpha value is -0.120. The molecule has 1 atom stereocenters. The van der Waals surface area contributed by atoms with Crippen molar-refractivity contribution < 1.29 is 0 Å². The Balaban J connectivity index is 3.45. The van der Waals surface area contributed by atoms with Crippen LogP contribution in [0.15, 0.2) is 0 Å². The van der Waals surface area contributed by atoms with Crippen molar-refractivity contribution in [1.29, 1.82) is 0 Å². The predicted octanol–water partition coefficient (Wildman–Crippen LogP) is 2.03. The Morgan fingerprint density at radius 1 is 0.941 bits per heavy atom. The standard InChI is InChI=1S/C14H33N3/c1-5-14(9-10-15)8-6-12-17(4)13-7-11-16(2)3/h14H,5-13,15H2,1-4H3. The molecule has 0 aliphatic carbocycles. The average Bonchev–Trinajstić information content (AvgIpc) is 2.27. The molecule has 3 nitrogen and oxygen atoms in total. The number of nitrogens with two attached hydrogens (primary N) is 1. The van der Waals surface area contributed by atoms with Gasteiger partial charge in [-0.05, 0) is 78.9 Å². The normalized spacial score (nSPS) is 13.6. The van der Waals surface area contributed by atoms with E-state index in [1.54, 1.807) is 0 Å². The van der Waals surface area contributed by atoms with Crippen molar-refractivity contribution in [2.45, 2.75) is 39.0 Å². The van der Waals surface area contributed by atoms with Crippen molar-refractivity contribution >= 4 is 0 Å². The van der Waals surface area contributed by atoms with Crippen molar-refractivity contribution in [3.8, 4) is 0 Å². The molecule has 0 fully saturated rings. The van der Waals surface area contributed by atoms with E-state index in [9.17, 15) is 0 Å². The summed E-state index contributed by atoms with van der Waals surface area (Å²) in [4.78, 5) is 4.71. The van der Waals surface area contributed by atoms with Crippen LogP contribution in [0.5, 0.6) is 0 Å². The van der Waals surface area contributed by atoms with Crippen LogP contribution in [0, 0.1) is 5.92 Å². The third kappa shape index (κ3) is 10.7. The minimum Gasteiger partial charge on any atom is -0.330 e. The van der Waals surface area contributed by atoms with E-state index in [1.807, 2.05) is 0 Å². The zero-order valence-electron chi connectivity index (χ0n) is 12.4. The maximum Gasteiger partial charge on any atom is -0.000960 e. The summed E-state index contributed by atoms with van der Waals surface area (Å²) in [7, 11) is 6.51. The molecule has 0 aliphatic heterocycles. The minimum absolute atomic E-state index is 0.843. The van der Waals surface area contributed by atoms with Crippen LogP contribution in [0.3, 0.4) is 0 Å². The second kappa shape index (κ2) is 11.0. The number of nitrogens with zero attached hydrogens (tertiary/aromatic N) is 2. The molecule has 1 unspecified atom stereocenters. The Morgan fingerprint density at radius 3 is 2.12 bits per heavy atom. The predicted molar refractivity (Wildman–Crippen MR) is 77.4 cm³/mol. The van der Waals surface area contributed by atoms with Gasteiger partial charge in [0, 0.05) is 0 Å². The molecule has 0 amide bonds. The lowest BCUT2D eigenvalue weighted by atomic mass is 9.96. The first kappa shape index (κ1) is 16.9. The van der Waals surface area contributed by atoms with Gasteiger partial charge in [-0.25, -0.2) is 0 Å². The van der Waals surface area contributed by atoms with Crippen molar-refractivity contribution in [2.75, 3.05) is 47.3 Å². The molecule has 0 aromatic heterocycles. The Labute approximate surface area is 108 Å². The molecular formula is C14H33N3. The van der Waals surface area contributed by atoms with Crippen LogP contribution in [-0.4, -0.2) is 57.1 Å². The highest BCUT2D eigenvalue weighted by atomic mass is 15.1. The van der Waals surface area contributed by atoms with Crippen LogP contribution in [0.4, 0.5) is 0 Å². The fourth-order valence-corrected chi connectivity index (χ4v) is 2.21. The quantitative estimate of drug-likeness (QED) is 0.603. The fraction of sp³-hybridized carbons (Fsp3) is 1.00. The van der Waals surface area contributed by atoms with Crippen LogP contribution in [0.25, 0.3) is 0 Å². The first-order chi connectivity index (χ1) is 8.10. The summed E-state index contributed by atoms with van der Waals surface area (Å²) in [5.41, 5.74) is 5.62. The third-order valence-corrected chi connectivity index (χ3v) is 3.45. The molecule has 0 rings (SSSR count). The van der Waals surface area contributed by atoms with Gasteiger partial charge in [-0.2, -0.15) is 0 Å². The average molecular weight is 243 g/mol. The van der Waals surface area contributed by atoms with E-state index in [1.165, 1.54) is 51.7 Å². The van der Waals surface area contributed by atoms with Gasteiger partial charge in [-0.1, -0.05) is 13.3 Å². The van der Waals surface area contributed by atoms with Crippen molar-refractivity contribution in [1.82, 2.24) is 9.80 Å². The van der Waals surface area contributed by atoms with Gasteiger partial charge in [0.25, 0.3) is 0 Å². The summed E-state index contributed by atoms with van der Waals surface area (Å²) in [6.07, 6.45) is 6.40. The van der Waals surface area contributed by atoms with E-state index in [0.29, 0.717) is 0 Å². The van der Waals surface area contributed by atoms with Gasteiger partial charge in [0.1, 0.15) is 0 Å². The second-order valence-electron chi connectivity index (χ2n) is 5.45. The monoisotopic (exact) mass is 243 g/mol. The van der Waals surface area contributed by atoms with E-state index in [0.717, 1.165) is 12.5 Å². The highest BCUT2D eigenvalue weighted by Gasteiger charge is 2.06. The highest BCUT2D eigenvalue weighted by molar-refractivity contribution is 4.61. The largest absolute Gasteiger partial charge is 0.330 e. The number of hydrogen-bond donors (Lipinski definition) is 1. The summed E-state index contributed by atoms with van der Waals surface area (Å²) in [6.45, 7) is 6.76. The second-order valence-corrected chi connectivity index (χ2v) is 5.45. The molecule has 0 aromatic rings. The van der Waals surface area contributed by atoms with Crippen molar-refractivity contribution in [2.24, 2.45) is 11.7 Å². The fourth-order valence-electron chi connectivity index (χ4n) is 2.21. The van der Waals surface area contributed by atoms with Gasteiger partial charge in [-0.3, -0.25) is 0 Å². The lowest BCUT2D eigenvalue weighted by molar-refractivity contribution is 0.284. The lowest BCUT2D eigenvalue weighted by Crippen LogP contribution is -2.25. The SMILES string of the molecule is CCC(CCN)CCCN(C)CCCN(C)C. The van der Waals surface area contributed by atoms with E-state index in [-0.39, 0.29) is 0 Å². The van der Waals surface area contributed by atoms with Gasteiger partial charge in [-0.15, -0.1) is 0 Å². The molecule has 3 heteroatoms. The zero-order chi connectivity index (χ0) is 13.1. The van der Waals surface area contributed by atoms with Gasteiger partial charge in [0.15, 0.2) is 0 Å². The summed E-state index contributed by atoms with van der Waals surface area (Å²) in [5.74, 6) is 0.843. The molecule has 0 heterocycles. The Bertz CT molecular complexity index is 160. The maximum atomic E-state index is 5.62. The molecule has 2 N–H and O–H groups in total. The Morgan fingerprint density at radius 2 is 1.59 bits per heavy atom. The lowest BCUT2D eigenvalue weighted by Gasteiger charge is -2.19. The molecule has 104 valence electrons. The summed E-state index contributed by atoms with van der Waals surface area (Å²) < 4.78 is 0. The number of rotatable bonds is 11. The first-order valence-corrected chi connectivity index (χ1v) is 7.13. The van der Waals surface area contributed by atoms with Crippen molar-refractivity contribution in [3.63, 3.8) is 0 Å². The van der Waals surface area contributed by atoms with Crippen LogP contribution < -0.4 is 5.73 Å². The summed E-state index contributed by atoms with van der Waals surface area (Å²) in [5, 5.41) is 0. The van der Waals surface area contributed by atoms with Crippen LogP contribution in [0.2, 0.25) is 0 Å². The molecule has 0 aromatic carbocycles. The molecular weight excluding hydrogens is 210 g/mol. The molecule has 0 saturated heterocycles. The third-order valence-electron chi connectivity index (χ3n) is 3.45. The maximum absolute atomic E-state index is 5.62. The van der Waals surface area contributed by atoms with Crippen LogP contribution >= 0.6 is 0 Å². The topological polar surface area (TPSA) is 32.5 Å². The van der Waals surface area contributed by atoms with Gasteiger partial charge in [0.2, 0.25) is 0 Å². The molecule has 0 spiro atoms. The zero-order valence-corrected chi connectivity index (χ0v) is 12.4. The van der Waals surface area contributed by atoms with Crippen LogP contribution in [0.1, 0.15) is 39.0 Å². The highest BCUT2D eigenvalue weighted by Crippen LogP contribution is 2.14. The number of hydrogen-bond acceptors (Lipinski definition) is 3. The van der Waals surface area contributed by atoms with Gasteiger partial charge in [0.05, 0.1) is 0 Å². The molecule has 17 heavy (non-hydrogen) atoms. The van der Waals surface area contributed by atoms with E-state index in [2.05, 4.69) is 37.9 Å². The molecule has 0 bridgehead atoms. The molecule has 0 saturated carbocycles. The molecule has 0 aliphatic rings. The summed E-state index contributed by atoms with van der Waals surface area (Å²) >= 11 is 0. The van der Waals surface area contributed by atoms with Gasteiger partial charge >= 0.3 is 0 Å². The van der Waals surface area contributed by atoms with E-state index < -0.39 is 0 Å². The van der Waals surface area contributed by atoms with Gasteiger partial charge < -0.3 is 15.5 Å². The Kier molecular flexibility index (Phi) is 10.9.